The highest BCUT2D eigenvalue weighted by Crippen LogP contribution is 2.25. The number of hydrogen-bond acceptors (Lipinski definition) is 4. The molecule has 0 heterocycles. The number of rotatable bonds is 11. The maximum Gasteiger partial charge on any atom is 0.251 e. The fraction of sp³-hybridized carbons (Fsp3) is 0.233. The molecule has 4 aromatic carbocycles. The summed E-state index contributed by atoms with van der Waals surface area (Å²) >= 11 is 0. The van der Waals surface area contributed by atoms with E-state index in [4.69, 9.17) is 4.74 Å². The Morgan fingerprint density at radius 2 is 1.54 bits per heavy atom. The molecule has 7 heteroatoms. The predicted octanol–water partition coefficient (Wildman–Crippen LogP) is 5.57. The van der Waals surface area contributed by atoms with E-state index in [0.29, 0.717) is 24.4 Å². The van der Waals surface area contributed by atoms with Gasteiger partial charge >= 0.3 is 0 Å². The molecule has 0 aliphatic carbocycles. The van der Waals surface area contributed by atoms with Gasteiger partial charge in [0.15, 0.2) is 0 Å². The second-order valence-electron chi connectivity index (χ2n) is 9.00. The van der Waals surface area contributed by atoms with Crippen LogP contribution in [-0.4, -0.2) is 33.7 Å². The summed E-state index contributed by atoms with van der Waals surface area (Å²) in [7, 11) is -3.51. The van der Waals surface area contributed by atoms with Gasteiger partial charge in [0, 0.05) is 5.56 Å². The Hall–Kier alpha value is -3.84. The number of nitrogens with zero attached hydrogens (tertiary/aromatic N) is 1. The number of anilines is 1. The van der Waals surface area contributed by atoms with E-state index < -0.39 is 10.0 Å². The van der Waals surface area contributed by atoms with Crippen LogP contribution in [0.25, 0.3) is 10.8 Å². The summed E-state index contributed by atoms with van der Waals surface area (Å²) < 4.78 is 32.3. The van der Waals surface area contributed by atoms with Crippen LogP contribution in [0.3, 0.4) is 0 Å². The first-order valence-electron chi connectivity index (χ1n) is 12.4. The largest absolute Gasteiger partial charge is 0.492 e. The molecule has 0 bridgehead atoms. The van der Waals surface area contributed by atoms with Gasteiger partial charge in [-0.25, -0.2) is 8.42 Å². The minimum atomic E-state index is -3.51. The monoisotopic (exact) mass is 516 g/mol. The summed E-state index contributed by atoms with van der Waals surface area (Å²) in [5.74, 6) is 0.572. The van der Waals surface area contributed by atoms with Gasteiger partial charge in [-0.2, -0.15) is 0 Å². The van der Waals surface area contributed by atoms with E-state index in [1.165, 1.54) is 16.1 Å². The molecule has 0 radical (unpaired) electrons. The number of benzene rings is 4. The van der Waals surface area contributed by atoms with Crippen molar-refractivity contribution in [3.05, 3.63) is 108 Å². The number of amides is 1. The lowest BCUT2D eigenvalue weighted by Gasteiger charge is -2.23. The molecule has 0 saturated heterocycles. The molecule has 4 aromatic rings. The van der Waals surface area contributed by atoms with Crippen molar-refractivity contribution in [2.24, 2.45) is 0 Å². The molecule has 0 unspecified atom stereocenters. The summed E-state index contributed by atoms with van der Waals surface area (Å²) in [6.45, 7) is 3.06. The minimum Gasteiger partial charge on any atom is -0.492 e. The smallest absolute Gasteiger partial charge is 0.251 e. The third kappa shape index (κ3) is 7.11. The lowest BCUT2D eigenvalue weighted by Crippen LogP contribution is -2.29. The van der Waals surface area contributed by atoms with Crippen molar-refractivity contribution in [1.82, 2.24) is 5.32 Å². The summed E-state index contributed by atoms with van der Waals surface area (Å²) in [4.78, 5) is 12.5. The molecule has 4 rings (SSSR count). The van der Waals surface area contributed by atoms with Gasteiger partial charge in [0.2, 0.25) is 10.0 Å². The van der Waals surface area contributed by atoms with Crippen molar-refractivity contribution < 1.29 is 17.9 Å². The standard InChI is InChI=1S/C30H32N2O4S/c1-3-6-23-11-17-29(18-12-23)36-20-19-31-30(33)26-13-9-24(10-14-26)22-32(37(2,34)35)28-16-15-25-7-4-5-8-27(25)21-28/h4-5,7-18,21H,3,6,19-20,22H2,1-2H3,(H,31,33). The van der Waals surface area contributed by atoms with E-state index in [9.17, 15) is 13.2 Å². The zero-order chi connectivity index (χ0) is 26.3. The first-order valence-corrected chi connectivity index (χ1v) is 14.2. The number of nitrogens with one attached hydrogen (secondary N) is 1. The SMILES string of the molecule is CCCc1ccc(OCCNC(=O)c2ccc(CN(c3ccc4ccccc4c3)S(C)(=O)=O)cc2)cc1. The van der Waals surface area contributed by atoms with E-state index >= 15 is 0 Å². The molecule has 37 heavy (non-hydrogen) atoms. The molecular weight excluding hydrogens is 484 g/mol. The molecule has 0 aromatic heterocycles. The first-order chi connectivity index (χ1) is 17.8. The van der Waals surface area contributed by atoms with Crippen molar-refractivity contribution in [1.29, 1.82) is 0 Å². The fourth-order valence-corrected chi connectivity index (χ4v) is 5.02. The Labute approximate surface area is 218 Å². The van der Waals surface area contributed by atoms with E-state index in [0.717, 1.165) is 34.9 Å². The summed E-state index contributed by atoms with van der Waals surface area (Å²) in [5.41, 5.74) is 3.17. The Bertz CT molecular complexity index is 1450. The Kier molecular flexibility index (Phi) is 8.46. The average molecular weight is 517 g/mol. The van der Waals surface area contributed by atoms with Crippen molar-refractivity contribution in [3.8, 4) is 5.75 Å². The zero-order valence-electron chi connectivity index (χ0n) is 21.2. The third-order valence-corrected chi connectivity index (χ3v) is 7.22. The van der Waals surface area contributed by atoms with Crippen LogP contribution in [0.1, 0.15) is 34.8 Å². The molecule has 0 saturated carbocycles. The van der Waals surface area contributed by atoms with Crippen molar-refractivity contribution in [2.75, 3.05) is 23.7 Å². The summed E-state index contributed by atoms with van der Waals surface area (Å²) in [6.07, 6.45) is 3.35. The van der Waals surface area contributed by atoms with Crippen LogP contribution in [0.2, 0.25) is 0 Å². The van der Waals surface area contributed by atoms with E-state index in [1.807, 2.05) is 54.6 Å². The Balaban J connectivity index is 1.34. The van der Waals surface area contributed by atoms with Crippen LogP contribution in [0.4, 0.5) is 5.69 Å². The number of carbonyl (C=O) groups excluding carboxylic acids is 1. The number of sulfonamides is 1. The number of ether oxygens (including phenoxy) is 1. The van der Waals surface area contributed by atoms with Gasteiger partial charge < -0.3 is 10.1 Å². The molecule has 0 aliphatic rings. The molecule has 1 amide bonds. The molecule has 1 N–H and O–H groups in total. The second-order valence-corrected chi connectivity index (χ2v) is 10.9. The molecule has 0 aliphatic heterocycles. The number of hydrogen-bond donors (Lipinski definition) is 1. The zero-order valence-corrected chi connectivity index (χ0v) is 22.0. The maximum atomic E-state index is 12.6. The van der Waals surface area contributed by atoms with Crippen LogP contribution in [0, 0.1) is 0 Å². The molecule has 0 spiro atoms. The van der Waals surface area contributed by atoms with Gasteiger partial charge in [0.1, 0.15) is 12.4 Å². The second kappa shape index (κ2) is 11.9. The quantitative estimate of drug-likeness (QED) is 0.265. The maximum absolute atomic E-state index is 12.6. The average Bonchev–Trinajstić information content (AvgIpc) is 2.90. The molecular formula is C30H32N2O4S. The summed E-state index contributed by atoms with van der Waals surface area (Å²) in [6, 6.07) is 28.4. The third-order valence-electron chi connectivity index (χ3n) is 6.08. The van der Waals surface area contributed by atoms with Gasteiger partial charge in [-0.3, -0.25) is 9.10 Å². The van der Waals surface area contributed by atoms with Gasteiger partial charge in [-0.15, -0.1) is 0 Å². The molecule has 0 fully saturated rings. The normalized spacial score (nSPS) is 11.3. The topological polar surface area (TPSA) is 75.7 Å². The highest BCUT2D eigenvalue weighted by atomic mass is 32.2. The van der Waals surface area contributed by atoms with Gasteiger partial charge in [-0.1, -0.05) is 67.9 Å². The minimum absolute atomic E-state index is 0.171. The molecule has 0 atom stereocenters. The van der Waals surface area contributed by atoms with Crippen LogP contribution in [0.15, 0.2) is 91.0 Å². The number of fused-ring (bicyclic) bond motifs is 1. The highest BCUT2D eigenvalue weighted by Gasteiger charge is 2.18. The fourth-order valence-electron chi connectivity index (χ4n) is 4.14. The highest BCUT2D eigenvalue weighted by molar-refractivity contribution is 7.92. The lowest BCUT2D eigenvalue weighted by atomic mass is 10.1. The van der Waals surface area contributed by atoms with Gasteiger partial charge in [-0.05, 0) is 64.7 Å². The molecule has 192 valence electrons. The van der Waals surface area contributed by atoms with E-state index in [2.05, 4.69) is 24.4 Å². The van der Waals surface area contributed by atoms with Crippen molar-refractivity contribution >= 4 is 32.4 Å². The lowest BCUT2D eigenvalue weighted by molar-refractivity contribution is 0.0947. The number of aryl methyl sites for hydroxylation is 1. The Morgan fingerprint density at radius 3 is 2.22 bits per heavy atom. The number of carbonyl (C=O) groups is 1. The first kappa shape index (κ1) is 26.2. The van der Waals surface area contributed by atoms with Crippen LogP contribution in [0.5, 0.6) is 5.75 Å². The Morgan fingerprint density at radius 1 is 0.865 bits per heavy atom. The summed E-state index contributed by atoms with van der Waals surface area (Å²) in [5, 5.41) is 4.88. The predicted molar refractivity (Wildman–Crippen MR) is 150 cm³/mol. The van der Waals surface area contributed by atoms with Crippen molar-refractivity contribution in [3.63, 3.8) is 0 Å². The van der Waals surface area contributed by atoms with Crippen LogP contribution >= 0.6 is 0 Å². The van der Waals surface area contributed by atoms with E-state index in [-0.39, 0.29) is 12.5 Å². The van der Waals surface area contributed by atoms with E-state index in [1.54, 1.807) is 24.3 Å². The van der Waals surface area contributed by atoms with Crippen LogP contribution < -0.4 is 14.4 Å². The van der Waals surface area contributed by atoms with Gasteiger partial charge in [0.05, 0.1) is 25.0 Å². The molecule has 6 nitrogen and oxygen atoms in total. The van der Waals surface area contributed by atoms with Gasteiger partial charge in [0.25, 0.3) is 5.91 Å². The van der Waals surface area contributed by atoms with Crippen LogP contribution in [-0.2, 0) is 23.0 Å². The van der Waals surface area contributed by atoms with Crippen molar-refractivity contribution in [2.45, 2.75) is 26.3 Å².